The molecule has 0 aromatic carbocycles. The molecule has 1 aromatic heterocycles. The van der Waals surface area contributed by atoms with Gasteiger partial charge >= 0.3 is 0 Å². The van der Waals surface area contributed by atoms with Gasteiger partial charge in [0.05, 0.1) is 19.3 Å². The van der Waals surface area contributed by atoms with Gasteiger partial charge in [-0.2, -0.15) is 4.98 Å². The van der Waals surface area contributed by atoms with Crippen LogP contribution in [0.4, 0.5) is 0 Å². The summed E-state index contributed by atoms with van der Waals surface area (Å²) >= 11 is 0. The number of ether oxygens (including phenoxy) is 2. The minimum atomic E-state index is -0.228. The summed E-state index contributed by atoms with van der Waals surface area (Å²) in [5.74, 6) is 1.14. The minimum absolute atomic E-state index is 0.0550. The normalized spacial score (nSPS) is 26.6. The molecule has 0 spiro atoms. The van der Waals surface area contributed by atoms with Gasteiger partial charge in [0.2, 0.25) is 0 Å². The maximum Gasteiger partial charge on any atom is 0.255 e. The quantitative estimate of drug-likeness (QED) is 0.867. The average Bonchev–Trinajstić information content (AvgIpc) is 2.99. The second-order valence-electron chi connectivity index (χ2n) is 5.37. The Morgan fingerprint density at radius 3 is 2.85 bits per heavy atom. The molecule has 0 amide bonds. The van der Waals surface area contributed by atoms with Crippen LogP contribution in [0.5, 0.6) is 0 Å². The zero-order valence-electron chi connectivity index (χ0n) is 11.7. The van der Waals surface area contributed by atoms with Crippen molar-refractivity contribution in [3.05, 3.63) is 11.7 Å². The van der Waals surface area contributed by atoms with E-state index in [1.165, 1.54) is 0 Å². The molecule has 3 heterocycles. The number of nitrogens with two attached hydrogens (primary N) is 1. The first-order chi connectivity index (χ1) is 9.83. The number of rotatable bonds is 4. The van der Waals surface area contributed by atoms with Gasteiger partial charge in [0.15, 0.2) is 5.82 Å². The predicted octanol–water partition coefficient (Wildman–Crippen LogP) is 0.643. The second-order valence-corrected chi connectivity index (χ2v) is 5.37. The van der Waals surface area contributed by atoms with Gasteiger partial charge < -0.3 is 19.7 Å². The Labute approximate surface area is 118 Å². The lowest BCUT2D eigenvalue weighted by Crippen LogP contribution is -2.40. The topological polar surface area (TPSA) is 86.6 Å². The highest BCUT2D eigenvalue weighted by molar-refractivity contribution is 4.97. The summed E-state index contributed by atoms with van der Waals surface area (Å²) in [6.07, 6.45) is 3.14. The molecule has 0 radical (unpaired) electrons. The third kappa shape index (κ3) is 3.35. The van der Waals surface area contributed by atoms with Crippen LogP contribution in [0.15, 0.2) is 4.52 Å². The summed E-state index contributed by atoms with van der Waals surface area (Å²) in [4.78, 5) is 6.68. The van der Waals surface area contributed by atoms with Gasteiger partial charge in [-0.1, -0.05) is 5.16 Å². The summed E-state index contributed by atoms with van der Waals surface area (Å²) in [5, 5.41) is 4.01. The number of hydrogen-bond acceptors (Lipinski definition) is 7. The van der Waals surface area contributed by atoms with Crippen LogP contribution in [-0.4, -0.2) is 54.5 Å². The fourth-order valence-electron chi connectivity index (χ4n) is 2.61. The van der Waals surface area contributed by atoms with E-state index in [-0.39, 0.29) is 12.1 Å². The van der Waals surface area contributed by atoms with Crippen molar-refractivity contribution in [2.24, 2.45) is 5.73 Å². The molecule has 20 heavy (non-hydrogen) atoms. The van der Waals surface area contributed by atoms with E-state index in [1.54, 1.807) is 0 Å². The lowest BCUT2D eigenvalue weighted by atomic mass is 10.1. The van der Waals surface area contributed by atoms with Crippen LogP contribution in [0.3, 0.4) is 0 Å². The van der Waals surface area contributed by atoms with Gasteiger partial charge in [-0.05, 0) is 19.3 Å². The number of aromatic nitrogens is 2. The van der Waals surface area contributed by atoms with Gasteiger partial charge in [0.25, 0.3) is 5.89 Å². The van der Waals surface area contributed by atoms with E-state index in [0.717, 1.165) is 58.7 Å². The van der Waals surface area contributed by atoms with E-state index >= 15 is 0 Å². The van der Waals surface area contributed by atoms with E-state index in [2.05, 4.69) is 15.0 Å². The Hall–Kier alpha value is -1.02. The molecule has 2 atom stereocenters. The van der Waals surface area contributed by atoms with Gasteiger partial charge in [0, 0.05) is 26.2 Å². The van der Waals surface area contributed by atoms with E-state index in [0.29, 0.717) is 11.7 Å². The first kappa shape index (κ1) is 13.9. The monoisotopic (exact) mass is 282 g/mol. The first-order valence-corrected chi connectivity index (χ1v) is 7.34. The number of hydrogen-bond donors (Lipinski definition) is 1. The van der Waals surface area contributed by atoms with Crippen LogP contribution in [0.25, 0.3) is 0 Å². The van der Waals surface area contributed by atoms with Crippen LogP contribution in [0.1, 0.15) is 43.1 Å². The van der Waals surface area contributed by atoms with Gasteiger partial charge in [-0.3, -0.25) is 4.90 Å². The summed E-state index contributed by atoms with van der Waals surface area (Å²) in [7, 11) is 0. The molecule has 2 aliphatic rings. The fraction of sp³-hybridized carbons (Fsp3) is 0.846. The maximum absolute atomic E-state index is 6.16. The van der Waals surface area contributed by atoms with E-state index in [1.807, 2.05) is 0 Å². The Morgan fingerprint density at radius 1 is 1.25 bits per heavy atom. The van der Waals surface area contributed by atoms with Crippen LogP contribution < -0.4 is 5.73 Å². The predicted molar refractivity (Wildman–Crippen MR) is 71.0 cm³/mol. The molecule has 2 unspecified atom stereocenters. The van der Waals surface area contributed by atoms with Crippen LogP contribution in [0.2, 0.25) is 0 Å². The molecule has 2 saturated heterocycles. The molecule has 3 rings (SSSR count). The van der Waals surface area contributed by atoms with Crippen LogP contribution in [-0.2, 0) is 9.47 Å². The highest BCUT2D eigenvalue weighted by Crippen LogP contribution is 2.27. The van der Waals surface area contributed by atoms with Crippen molar-refractivity contribution >= 4 is 0 Å². The van der Waals surface area contributed by atoms with Crippen LogP contribution in [0, 0.1) is 0 Å². The van der Waals surface area contributed by atoms with Crippen molar-refractivity contribution in [1.29, 1.82) is 0 Å². The summed E-state index contributed by atoms with van der Waals surface area (Å²) < 4.78 is 16.3. The second kappa shape index (κ2) is 6.62. The number of morpholine rings is 1. The molecule has 0 aliphatic carbocycles. The van der Waals surface area contributed by atoms with Gasteiger partial charge in [0.1, 0.15) is 6.10 Å². The van der Waals surface area contributed by atoms with Crippen molar-refractivity contribution in [2.45, 2.75) is 31.4 Å². The molecular weight excluding hydrogens is 260 g/mol. The smallest absolute Gasteiger partial charge is 0.255 e. The zero-order chi connectivity index (χ0) is 13.8. The Bertz CT molecular complexity index is 414. The summed E-state index contributed by atoms with van der Waals surface area (Å²) in [6, 6.07) is -0.228. The minimum Gasteiger partial charge on any atom is -0.379 e. The summed E-state index contributed by atoms with van der Waals surface area (Å²) in [6.45, 7) is 4.84. The van der Waals surface area contributed by atoms with Crippen molar-refractivity contribution in [1.82, 2.24) is 15.0 Å². The molecule has 112 valence electrons. The standard InChI is InChI=1S/C13H22N4O3/c14-10(9-17-4-7-18-8-5-17)12-15-13(20-16-12)11-3-1-2-6-19-11/h10-11H,1-9,14H2. The third-order valence-corrected chi connectivity index (χ3v) is 3.80. The highest BCUT2D eigenvalue weighted by Gasteiger charge is 2.25. The Kier molecular flexibility index (Phi) is 4.62. The molecule has 2 fully saturated rings. The first-order valence-electron chi connectivity index (χ1n) is 7.34. The van der Waals surface area contributed by atoms with Crippen molar-refractivity contribution in [3.63, 3.8) is 0 Å². The zero-order valence-corrected chi connectivity index (χ0v) is 11.7. The van der Waals surface area contributed by atoms with Crippen molar-refractivity contribution in [2.75, 3.05) is 39.5 Å². The van der Waals surface area contributed by atoms with Gasteiger partial charge in [-0.25, -0.2) is 0 Å². The highest BCUT2D eigenvalue weighted by atomic mass is 16.5. The average molecular weight is 282 g/mol. The lowest BCUT2D eigenvalue weighted by Gasteiger charge is -2.27. The molecular formula is C13H22N4O3. The lowest BCUT2D eigenvalue weighted by molar-refractivity contribution is -0.00459. The van der Waals surface area contributed by atoms with Crippen molar-refractivity contribution < 1.29 is 14.0 Å². The van der Waals surface area contributed by atoms with E-state index in [4.69, 9.17) is 19.7 Å². The fourth-order valence-corrected chi connectivity index (χ4v) is 2.61. The van der Waals surface area contributed by atoms with Crippen LogP contribution >= 0.6 is 0 Å². The molecule has 7 heteroatoms. The van der Waals surface area contributed by atoms with Crippen molar-refractivity contribution in [3.8, 4) is 0 Å². The maximum atomic E-state index is 6.16. The SMILES string of the molecule is NC(CN1CCOCC1)c1noc(C2CCCCO2)n1. The molecule has 7 nitrogen and oxygen atoms in total. The molecule has 0 saturated carbocycles. The van der Waals surface area contributed by atoms with E-state index in [9.17, 15) is 0 Å². The third-order valence-electron chi connectivity index (χ3n) is 3.80. The number of nitrogens with zero attached hydrogens (tertiary/aromatic N) is 3. The molecule has 2 N–H and O–H groups in total. The molecule has 0 bridgehead atoms. The van der Waals surface area contributed by atoms with E-state index < -0.39 is 0 Å². The molecule has 2 aliphatic heterocycles. The van der Waals surface area contributed by atoms with Gasteiger partial charge in [-0.15, -0.1) is 0 Å². The molecule has 1 aromatic rings. The largest absolute Gasteiger partial charge is 0.379 e. The Balaban J connectivity index is 1.57. The Morgan fingerprint density at radius 2 is 2.10 bits per heavy atom. The summed E-state index contributed by atoms with van der Waals surface area (Å²) in [5.41, 5.74) is 6.16.